The molecule has 71 heavy (non-hydrogen) atoms. The van der Waals surface area contributed by atoms with Crippen molar-refractivity contribution in [2.24, 2.45) is 5.73 Å². The Morgan fingerprint density at radius 1 is 0.437 bits per heavy atom. The second-order valence-corrected chi connectivity index (χ2v) is 21.3. The number of nitrogens with two attached hydrogens (primary N) is 1. The number of ether oxygens (including phenoxy) is 2. The molecule has 2 unspecified atom stereocenters. The van der Waals surface area contributed by atoms with E-state index in [0.717, 1.165) is 77.0 Å². The maximum Gasteiger partial charge on any atom is 0.472 e. The highest BCUT2D eigenvalue weighted by Crippen LogP contribution is 2.43. The lowest BCUT2D eigenvalue weighted by atomic mass is 10.0. The summed E-state index contributed by atoms with van der Waals surface area (Å²) in [5, 5.41) is 0. The van der Waals surface area contributed by atoms with Crippen molar-refractivity contribution in [1.29, 1.82) is 0 Å². The van der Waals surface area contributed by atoms with Gasteiger partial charge in [-0.1, -0.05) is 254 Å². The number of carbonyl (C=O) groups is 2. The van der Waals surface area contributed by atoms with Crippen LogP contribution in [0.1, 0.15) is 284 Å². The van der Waals surface area contributed by atoms with Gasteiger partial charge >= 0.3 is 19.8 Å². The van der Waals surface area contributed by atoms with E-state index >= 15 is 0 Å². The van der Waals surface area contributed by atoms with E-state index in [4.69, 9.17) is 24.3 Å². The summed E-state index contributed by atoms with van der Waals surface area (Å²) in [7, 11) is -4.39. The van der Waals surface area contributed by atoms with E-state index in [2.05, 4.69) is 74.6 Å². The molecule has 0 aliphatic carbocycles. The van der Waals surface area contributed by atoms with Crippen LogP contribution in [0.2, 0.25) is 0 Å². The van der Waals surface area contributed by atoms with Gasteiger partial charge in [-0.25, -0.2) is 4.57 Å². The number of hydrogen-bond acceptors (Lipinski definition) is 8. The van der Waals surface area contributed by atoms with E-state index in [1.54, 1.807) is 0 Å². The van der Waals surface area contributed by atoms with Gasteiger partial charge in [-0.05, 0) is 77.0 Å². The zero-order chi connectivity index (χ0) is 51.7. The molecule has 0 fully saturated rings. The van der Waals surface area contributed by atoms with Gasteiger partial charge in [-0.2, -0.15) is 0 Å². The molecule has 0 saturated heterocycles. The summed E-state index contributed by atoms with van der Waals surface area (Å²) in [4.78, 5) is 35.1. The normalized spacial score (nSPS) is 13.5. The highest BCUT2D eigenvalue weighted by atomic mass is 31.2. The Balaban J connectivity index is 3.83. The zero-order valence-corrected chi connectivity index (χ0v) is 47.1. The molecule has 0 aromatic rings. The van der Waals surface area contributed by atoms with Crippen molar-refractivity contribution in [3.8, 4) is 0 Å². The van der Waals surface area contributed by atoms with Gasteiger partial charge in [0.25, 0.3) is 0 Å². The van der Waals surface area contributed by atoms with Crippen LogP contribution < -0.4 is 5.73 Å². The second-order valence-electron chi connectivity index (χ2n) is 19.8. The van der Waals surface area contributed by atoms with Crippen molar-refractivity contribution in [3.05, 3.63) is 60.8 Å². The van der Waals surface area contributed by atoms with Crippen molar-refractivity contribution in [2.75, 3.05) is 26.4 Å². The van der Waals surface area contributed by atoms with E-state index < -0.39 is 26.5 Å². The standard InChI is InChI=1S/C61H112NO8P/c1-3-5-7-9-11-13-15-17-19-20-21-22-23-24-25-26-27-28-29-30-31-32-33-34-35-36-37-38-40-42-44-46-48-50-52-54-61(64)70-59(58-69-71(65,66)68-56-55-62)57-67-60(63)53-51-49-47-45-43-41-39-18-16-14-12-10-8-6-4-2/h5,7,11,13,17-19,21-22,39,59H,3-4,6,8-10,12,14-16,20,23-38,40-58,62H2,1-2H3,(H,65,66)/b7-5-,13-11-,19-17-,22-21-,39-18-. The molecule has 0 aromatic heterocycles. The summed E-state index contributed by atoms with van der Waals surface area (Å²) in [5.74, 6) is -0.826. The Morgan fingerprint density at radius 2 is 0.775 bits per heavy atom. The molecule has 0 saturated carbocycles. The van der Waals surface area contributed by atoms with Crippen LogP contribution in [-0.2, 0) is 32.7 Å². The Hall–Kier alpha value is -2.29. The van der Waals surface area contributed by atoms with Crippen LogP contribution in [0.25, 0.3) is 0 Å². The van der Waals surface area contributed by atoms with E-state index in [-0.39, 0.29) is 38.6 Å². The van der Waals surface area contributed by atoms with Gasteiger partial charge in [0.05, 0.1) is 13.2 Å². The number of esters is 2. The molecule has 10 heteroatoms. The van der Waals surface area contributed by atoms with E-state index in [1.807, 2.05) is 0 Å². The molecule has 2 atom stereocenters. The van der Waals surface area contributed by atoms with E-state index in [9.17, 15) is 19.0 Å². The number of phosphoric ester groups is 1. The molecular weight excluding hydrogens is 906 g/mol. The molecule has 0 bridgehead atoms. The molecule has 9 nitrogen and oxygen atoms in total. The zero-order valence-electron chi connectivity index (χ0n) is 46.2. The molecule has 0 heterocycles. The summed E-state index contributed by atoms with van der Waals surface area (Å²) in [6.07, 6.45) is 71.5. The fourth-order valence-corrected chi connectivity index (χ4v) is 9.27. The lowest BCUT2D eigenvalue weighted by Gasteiger charge is -2.19. The molecule has 0 spiro atoms. The first kappa shape index (κ1) is 68.7. The van der Waals surface area contributed by atoms with Crippen molar-refractivity contribution >= 4 is 19.8 Å². The number of hydrogen-bond donors (Lipinski definition) is 2. The maximum atomic E-state index is 12.7. The maximum absolute atomic E-state index is 12.7. The third kappa shape index (κ3) is 56.9. The second kappa shape index (κ2) is 57.0. The van der Waals surface area contributed by atoms with Crippen molar-refractivity contribution in [3.63, 3.8) is 0 Å². The first-order chi connectivity index (χ1) is 34.8. The van der Waals surface area contributed by atoms with E-state index in [1.165, 1.54) is 173 Å². The minimum atomic E-state index is -4.39. The Bertz CT molecular complexity index is 1350. The van der Waals surface area contributed by atoms with Crippen LogP contribution in [-0.4, -0.2) is 49.3 Å². The number of carbonyl (C=O) groups excluding carboxylic acids is 2. The number of phosphoric acid groups is 1. The predicted molar refractivity (Wildman–Crippen MR) is 303 cm³/mol. The van der Waals surface area contributed by atoms with Gasteiger partial charge in [-0.15, -0.1) is 0 Å². The summed E-state index contributed by atoms with van der Waals surface area (Å²) >= 11 is 0. The molecule has 0 radical (unpaired) electrons. The minimum Gasteiger partial charge on any atom is -0.462 e. The molecule has 3 N–H and O–H groups in total. The first-order valence-corrected chi connectivity index (χ1v) is 31.3. The average Bonchev–Trinajstić information content (AvgIpc) is 3.36. The highest BCUT2D eigenvalue weighted by molar-refractivity contribution is 7.47. The van der Waals surface area contributed by atoms with Gasteiger partial charge in [0, 0.05) is 19.4 Å². The van der Waals surface area contributed by atoms with Gasteiger partial charge in [0.1, 0.15) is 6.61 Å². The van der Waals surface area contributed by atoms with Gasteiger partial charge in [0.15, 0.2) is 6.10 Å². The molecule has 0 rings (SSSR count). The fourth-order valence-electron chi connectivity index (χ4n) is 8.51. The molecule has 0 aromatic carbocycles. The minimum absolute atomic E-state index is 0.0529. The van der Waals surface area contributed by atoms with Gasteiger partial charge < -0.3 is 20.1 Å². The lowest BCUT2D eigenvalue weighted by Crippen LogP contribution is -2.29. The summed E-state index contributed by atoms with van der Waals surface area (Å²) in [6, 6.07) is 0. The SMILES string of the molecule is CC/C=C\C/C=C\C/C=C\C/C=C\CCCCCCCCCCCCCCCCCCCCCCCCC(=O)OC(COC(=O)CCCCCCC/C=C\CCCCCCCC)COP(=O)(O)OCCN. The number of allylic oxidation sites excluding steroid dienone is 10. The summed E-state index contributed by atoms with van der Waals surface area (Å²) in [6.45, 7) is 3.65. The molecule has 414 valence electrons. The van der Waals surface area contributed by atoms with Gasteiger partial charge in [0.2, 0.25) is 0 Å². The van der Waals surface area contributed by atoms with Crippen molar-refractivity contribution in [2.45, 2.75) is 290 Å². The van der Waals surface area contributed by atoms with Crippen LogP contribution in [0.4, 0.5) is 0 Å². The Labute approximate surface area is 438 Å². The van der Waals surface area contributed by atoms with Crippen molar-refractivity contribution in [1.82, 2.24) is 0 Å². The van der Waals surface area contributed by atoms with Crippen LogP contribution in [0, 0.1) is 0 Å². The average molecular weight is 1020 g/mol. The predicted octanol–water partition coefficient (Wildman–Crippen LogP) is 18.7. The van der Waals surface area contributed by atoms with Crippen LogP contribution >= 0.6 is 7.82 Å². The quantitative estimate of drug-likeness (QED) is 0.0264. The van der Waals surface area contributed by atoms with Gasteiger partial charge in [-0.3, -0.25) is 18.6 Å². The van der Waals surface area contributed by atoms with Crippen LogP contribution in [0.5, 0.6) is 0 Å². The lowest BCUT2D eigenvalue weighted by molar-refractivity contribution is -0.161. The molecule has 0 aliphatic rings. The topological polar surface area (TPSA) is 134 Å². The molecule has 0 aliphatic heterocycles. The smallest absolute Gasteiger partial charge is 0.462 e. The summed E-state index contributed by atoms with van der Waals surface area (Å²) in [5.41, 5.74) is 5.38. The van der Waals surface area contributed by atoms with Crippen LogP contribution in [0.15, 0.2) is 60.8 Å². The summed E-state index contributed by atoms with van der Waals surface area (Å²) < 4.78 is 33.0. The monoisotopic (exact) mass is 1020 g/mol. The largest absolute Gasteiger partial charge is 0.472 e. The molecule has 0 amide bonds. The van der Waals surface area contributed by atoms with Crippen LogP contribution in [0.3, 0.4) is 0 Å². The Kier molecular flexibility index (Phi) is 55.2. The fraction of sp³-hybridized carbons (Fsp3) is 0.803. The number of rotatable bonds is 56. The third-order valence-electron chi connectivity index (χ3n) is 12.9. The first-order valence-electron chi connectivity index (χ1n) is 29.8. The number of unbranched alkanes of at least 4 members (excludes halogenated alkanes) is 33. The third-order valence-corrected chi connectivity index (χ3v) is 13.9. The highest BCUT2D eigenvalue weighted by Gasteiger charge is 2.26. The van der Waals surface area contributed by atoms with E-state index in [0.29, 0.717) is 6.42 Å². The van der Waals surface area contributed by atoms with Crippen molar-refractivity contribution < 1.29 is 37.6 Å². The molecular formula is C61H112NO8P. The Morgan fingerprint density at radius 3 is 1.17 bits per heavy atom.